The summed E-state index contributed by atoms with van der Waals surface area (Å²) in [5.74, 6) is -0.631. The van der Waals surface area contributed by atoms with E-state index in [0.717, 1.165) is 0 Å². The van der Waals surface area contributed by atoms with Crippen LogP contribution in [0.15, 0.2) is 18.9 Å². The molecule has 4 atom stereocenters. The highest BCUT2D eigenvalue weighted by Gasteiger charge is 2.48. The Morgan fingerprint density at radius 3 is 3.10 bits per heavy atom. The van der Waals surface area contributed by atoms with Crippen molar-refractivity contribution in [3.8, 4) is 0 Å². The summed E-state index contributed by atoms with van der Waals surface area (Å²) >= 11 is 0. The third kappa shape index (κ3) is 2.34. The number of rotatable bonds is 3. The van der Waals surface area contributed by atoms with E-state index in [1.165, 1.54) is 30.3 Å². The molecule has 112 valence electrons. The Balaban J connectivity index is 2.00. The number of nitrogens with zero attached hydrogens (tertiary/aromatic N) is 4. The summed E-state index contributed by atoms with van der Waals surface area (Å²) in [7, 11) is 0. The van der Waals surface area contributed by atoms with Gasteiger partial charge in [-0.2, -0.15) is 0 Å². The second-order valence-corrected chi connectivity index (χ2v) is 4.65. The van der Waals surface area contributed by atoms with Crippen LogP contribution in [0.1, 0.15) is 13.2 Å². The van der Waals surface area contributed by atoms with Crippen LogP contribution in [0.5, 0.6) is 0 Å². The van der Waals surface area contributed by atoms with Gasteiger partial charge in [0.05, 0.1) is 19.1 Å². The molecule has 0 bridgehead atoms. The second-order valence-electron chi connectivity index (χ2n) is 4.65. The SMILES string of the molecule is CC(=O)O[C@@H]1[C@@H](F)[C@@H](CO)O[C@H]1n1cnc2cncnc21. The lowest BCUT2D eigenvalue weighted by molar-refractivity contribution is -0.154. The first-order valence-corrected chi connectivity index (χ1v) is 6.32. The molecule has 0 aliphatic carbocycles. The lowest BCUT2D eigenvalue weighted by atomic mass is 10.1. The Morgan fingerprint density at radius 1 is 1.57 bits per heavy atom. The van der Waals surface area contributed by atoms with Crippen molar-refractivity contribution in [2.24, 2.45) is 0 Å². The topological polar surface area (TPSA) is 99.4 Å². The summed E-state index contributed by atoms with van der Waals surface area (Å²) in [4.78, 5) is 23.1. The Hall–Kier alpha value is -2.13. The van der Waals surface area contributed by atoms with E-state index in [9.17, 15) is 9.18 Å². The third-order valence-electron chi connectivity index (χ3n) is 3.26. The maximum Gasteiger partial charge on any atom is 0.303 e. The quantitative estimate of drug-likeness (QED) is 0.795. The van der Waals surface area contributed by atoms with Gasteiger partial charge in [-0.1, -0.05) is 0 Å². The van der Waals surface area contributed by atoms with E-state index in [1.807, 2.05) is 0 Å². The van der Waals surface area contributed by atoms with Gasteiger partial charge in [0.1, 0.15) is 17.9 Å². The van der Waals surface area contributed by atoms with Crippen LogP contribution in [0.2, 0.25) is 0 Å². The average molecular weight is 296 g/mol. The van der Waals surface area contributed by atoms with Crippen LogP contribution in [0.3, 0.4) is 0 Å². The summed E-state index contributed by atoms with van der Waals surface area (Å²) in [6.45, 7) is 0.668. The highest BCUT2D eigenvalue weighted by molar-refractivity contribution is 5.69. The van der Waals surface area contributed by atoms with Crippen LogP contribution in [-0.4, -0.2) is 55.6 Å². The summed E-state index contributed by atoms with van der Waals surface area (Å²) in [5, 5.41) is 9.16. The first-order valence-electron chi connectivity index (χ1n) is 6.32. The molecule has 3 rings (SSSR count). The van der Waals surface area contributed by atoms with Gasteiger partial charge in [-0.15, -0.1) is 0 Å². The molecule has 0 unspecified atom stereocenters. The summed E-state index contributed by atoms with van der Waals surface area (Å²) < 4.78 is 26.1. The molecular formula is C12H13FN4O4. The second kappa shape index (κ2) is 5.34. The number of halogens is 1. The Labute approximate surface area is 118 Å². The molecule has 1 aliphatic heterocycles. The lowest BCUT2D eigenvalue weighted by Gasteiger charge is -2.20. The molecule has 2 aromatic rings. The Morgan fingerprint density at radius 2 is 2.38 bits per heavy atom. The molecule has 2 aromatic heterocycles. The third-order valence-corrected chi connectivity index (χ3v) is 3.26. The fourth-order valence-corrected chi connectivity index (χ4v) is 2.35. The zero-order valence-electron chi connectivity index (χ0n) is 11.1. The number of fused-ring (bicyclic) bond motifs is 1. The van der Waals surface area contributed by atoms with Crippen LogP contribution in [0.4, 0.5) is 4.39 Å². The number of hydrogen-bond donors (Lipinski definition) is 1. The fourth-order valence-electron chi connectivity index (χ4n) is 2.35. The molecule has 21 heavy (non-hydrogen) atoms. The molecule has 0 amide bonds. The highest BCUT2D eigenvalue weighted by atomic mass is 19.1. The van der Waals surface area contributed by atoms with Gasteiger partial charge in [-0.05, 0) is 0 Å². The molecule has 3 heterocycles. The van der Waals surface area contributed by atoms with E-state index < -0.39 is 37.2 Å². The molecule has 0 spiro atoms. The number of carbonyl (C=O) groups is 1. The van der Waals surface area contributed by atoms with Crippen molar-refractivity contribution in [2.75, 3.05) is 6.61 Å². The van der Waals surface area contributed by atoms with Crippen LogP contribution in [-0.2, 0) is 14.3 Å². The Bertz CT molecular complexity index is 663. The van der Waals surface area contributed by atoms with Crippen molar-refractivity contribution in [3.05, 3.63) is 18.9 Å². The average Bonchev–Trinajstić information content (AvgIpc) is 3.01. The standard InChI is InChI=1S/C12H13FN4O4/c1-6(19)20-10-9(13)8(3-18)21-12(10)17-5-16-7-2-14-4-15-11(7)17/h2,4-5,8-10,12,18H,3H2,1H3/t8-,9+,10-,12-/m1/s1. The zero-order valence-corrected chi connectivity index (χ0v) is 11.1. The predicted molar refractivity (Wildman–Crippen MR) is 66.8 cm³/mol. The number of esters is 1. The smallest absolute Gasteiger partial charge is 0.303 e. The molecule has 0 radical (unpaired) electrons. The van der Waals surface area contributed by atoms with Gasteiger partial charge in [0.15, 0.2) is 24.2 Å². The van der Waals surface area contributed by atoms with Gasteiger partial charge < -0.3 is 14.6 Å². The number of hydrogen-bond acceptors (Lipinski definition) is 7. The molecular weight excluding hydrogens is 283 g/mol. The summed E-state index contributed by atoms with van der Waals surface area (Å²) in [5.41, 5.74) is 0.934. The van der Waals surface area contributed by atoms with Crippen molar-refractivity contribution in [3.63, 3.8) is 0 Å². The van der Waals surface area contributed by atoms with E-state index in [0.29, 0.717) is 11.2 Å². The van der Waals surface area contributed by atoms with Gasteiger partial charge in [-0.3, -0.25) is 9.36 Å². The fraction of sp³-hybridized carbons (Fsp3) is 0.500. The minimum atomic E-state index is -1.64. The van der Waals surface area contributed by atoms with E-state index in [2.05, 4.69) is 15.0 Å². The van der Waals surface area contributed by atoms with E-state index in [4.69, 9.17) is 14.6 Å². The van der Waals surface area contributed by atoms with Crippen molar-refractivity contribution < 1.29 is 23.8 Å². The van der Waals surface area contributed by atoms with Crippen molar-refractivity contribution in [2.45, 2.75) is 31.5 Å². The van der Waals surface area contributed by atoms with Crippen LogP contribution in [0.25, 0.3) is 11.2 Å². The molecule has 0 aromatic carbocycles. The van der Waals surface area contributed by atoms with Crippen LogP contribution < -0.4 is 0 Å². The van der Waals surface area contributed by atoms with E-state index in [-0.39, 0.29) is 0 Å². The largest absolute Gasteiger partial charge is 0.454 e. The van der Waals surface area contributed by atoms with Crippen molar-refractivity contribution in [1.29, 1.82) is 0 Å². The maximum atomic E-state index is 14.2. The molecule has 8 nitrogen and oxygen atoms in total. The minimum Gasteiger partial charge on any atom is -0.454 e. The summed E-state index contributed by atoms with van der Waals surface area (Å²) in [6, 6.07) is 0. The molecule has 1 N–H and O–H groups in total. The summed E-state index contributed by atoms with van der Waals surface area (Å²) in [6.07, 6.45) is -0.583. The van der Waals surface area contributed by atoms with Gasteiger partial charge in [0.2, 0.25) is 0 Å². The molecule has 0 saturated carbocycles. The van der Waals surface area contributed by atoms with Gasteiger partial charge in [0.25, 0.3) is 0 Å². The number of aliphatic hydroxyl groups is 1. The molecule has 1 aliphatic rings. The number of imidazole rings is 1. The monoisotopic (exact) mass is 296 g/mol. The number of carbonyl (C=O) groups excluding carboxylic acids is 1. The lowest BCUT2D eigenvalue weighted by Crippen LogP contribution is -2.33. The number of aromatic nitrogens is 4. The van der Waals surface area contributed by atoms with Crippen molar-refractivity contribution in [1.82, 2.24) is 19.5 Å². The molecule has 1 saturated heterocycles. The maximum absolute atomic E-state index is 14.2. The van der Waals surface area contributed by atoms with Gasteiger partial charge in [0, 0.05) is 6.92 Å². The first kappa shape index (κ1) is 13.8. The van der Waals surface area contributed by atoms with Crippen LogP contribution in [0, 0.1) is 0 Å². The van der Waals surface area contributed by atoms with Crippen LogP contribution >= 0.6 is 0 Å². The zero-order chi connectivity index (χ0) is 15.0. The first-order chi connectivity index (χ1) is 10.1. The van der Waals surface area contributed by atoms with Gasteiger partial charge >= 0.3 is 5.97 Å². The van der Waals surface area contributed by atoms with Gasteiger partial charge in [-0.25, -0.2) is 19.3 Å². The van der Waals surface area contributed by atoms with E-state index in [1.54, 1.807) is 0 Å². The number of ether oxygens (including phenoxy) is 2. The van der Waals surface area contributed by atoms with Crippen molar-refractivity contribution >= 4 is 17.1 Å². The minimum absolute atomic E-state index is 0.429. The molecule has 9 heteroatoms. The number of aliphatic hydroxyl groups excluding tert-OH is 1. The van der Waals surface area contributed by atoms with E-state index >= 15 is 0 Å². The highest BCUT2D eigenvalue weighted by Crippen LogP contribution is 2.35. The molecule has 1 fully saturated rings. The Kier molecular flexibility index (Phi) is 3.52. The number of alkyl halides is 1. The predicted octanol–water partition coefficient (Wildman–Crippen LogP) is -0.0142. The normalized spacial score (nSPS) is 28.9.